The fraction of sp³-hybridized carbons (Fsp3) is 0.700. The molecule has 1 N–H and O–H groups in total. The lowest BCUT2D eigenvalue weighted by molar-refractivity contribution is 0.0162. The summed E-state index contributed by atoms with van der Waals surface area (Å²) < 4.78 is 0. The molecule has 0 saturated carbocycles. The number of phenolic OH excluding ortho intramolecular Hbond substituents is 1. The number of nitrogens with zero attached hydrogens (tertiary/aromatic N) is 1. The van der Waals surface area contributed by atoms with Gasteiger partial charge in [0.2, 0.25) is 0 Å². The number of phenols is 1. The molecule has 2 rings (SSSR count). The Hall–Kier alpha value is -1.02. The highest BCUT2D eigenvalue weighted by Crippen LogP contribution is 2.42. The average molecular weight is 303 g/mol. The maximum Gasteiger partial charge on any atom is 0.115 e. The van der Waals surface area contributed by atoms with Crippen LogP contribution in [0.25, 0.3) is 0 Å². The van der Waals surface area contributed by atoms with Crippen LogP contribution in [0.5, 0.6) is 5.75 Å². The molecular weight excluding hydrogens is 270 g/mol. The maximum atomic E-state index is 9.45. The van der Waals surface area contributed by atoms with Crippen molar-refractivity contribution >= 4 is 0 Å². The van der Waals surface area contributed by atoms with Crippen molar-refractivity contribution in [3.63, 3.8) is 0 Å². The van der Waals surface area contributed by atoms with Crippen LogP contribution in [0.1, 0.15) is 53.5 Å². The average Bonchev–Trinajstić information content (AvgIpc) is 2.39. The first-order chi connectivity index (χ1) is 10.1. The number of likely N-dealkylation sites (tertiary alicyclic amines) is 1. The van der Waals surface area contributed by atoms with Gasteiger partial charge in [-0.2, -0.15) is 0 Å². The molecule has 2 unspecified atom stereocenters. The Bertz CT molecular complexity index is 456. The first kappa shape index (κ1) is 17.3. The summed E-state index contributed by atoms with van der Waals surface area (Å²) in [4.78, 5) is 2.61. The summed E-state index contributed by atoms with van der Waals surface area (Å²) in [5.74, 6) is 1.83. The lowest BCUT2D eigenvalue weighted by atomic mass is 9.67. The van der Waals surface area contributed by atoms with E-state index in [2.05, 4.69) is 46.4 Å². The van der Waals surface area contributed by atoms with Gasteiger partial charge < -0.3 is 5.11 Å². The number of piperidine rings is 1. The Morgan fingerprint density at radius 2 is 1.36 bits per heavy atom. The molecule has 0 bridgehead atoms. The standard InChI is InChI=1S/C20H33NO/c1-19(2,3)16-11-17(20(4,5)6)14-21(13-16)12-15-7-9-18(22)10-8-15/h7-10,16-17,22H,11-14H2,1-6H3. The largest absolute Gasteiger partial charge is 0.508 e. The predicted molar refractivity (Wildman–Crippen MR) is 93.9 cm³/mol. The lowest BCUT2D eigenvalue weighted by Crippen LogP contribution is -2.47. The van der Waals surface area contributed by atoms with E-state index in [-0.39, 0.29) is 0 Å². The Labute approximate surface area is 136 Å². The molecule has 1 aliphatic heterocycles. The minimum absolute atomic E-state index is 0.350. The molecule has 22 heavy (non-hydrogen) atoms. The SMILES string of the molecule is CC(C)(C)C1CC(C(C)(C)C)CN(Cc2ccc(O)cc2)C1. The summed E-state index contributed by atoms with van der Waals surface area (Å²) in [6.45, 7) is 17.6. The maximum absolute atomic E-state index is 9.45. The third kappa shape index (κ3) is 4.49. The predicted octanol–water partition coefficient (Wildman–Crippen LogP) is 4.92. The van der Waals surface area contributed by atoms with Crippen LogP contribution in [0.3, 0.4) is 0 Å². The monoisotopic (exact) mass is 303 g/mol. The van der Waals surface area contributed by atoms with Gasteiger partial charge in [-0.05, 0) is 46.8 Å². The molecule has 0 spiro atoms. The third-order valence-corrected chi connectivity index (χ3v) is 5.32. The Morgan fingerprint density at radius 1 is 0.909 bits per heavy atom. The molecule has 1 saturated heterocycles. The molecule has 2 atom stereocenters. The van der Waals surface area contributed by atoms with Gasteiger partial charge in [-0.15, -0.1) is 0 Å². The van der Waals surface area contributed by atoms with Crippen LogP contribution in [0, 0.1) is 22.7 Å². The quantitative estimate of drug-likeness (QED) is 0.838. The molecule has 0 radical (unpaired) electrons. The van der Waals surface area contributed by atoms with Gasteiger partial charge in [0.05, 0.1) is 0 Å². The number of rotatable bonds is 2. The molecule has 124 valence electrons. The zero-order valence-electron chi connectivity index (χ0n) is 15.2. The van der Waals surface area contributed by atoms with Gasteiger partial charge in [0.25, 0.3) is 0 Å². The van der Waals surface area contributed by atoms with Crippen LogP contribution in [-0.4, -0.2) is 23.1 Å². The lowest BCUT2D eigenvalue weighted by Gasteiger charge is -2.47. The van der Waals surface area contributed by atoms with E-state index >= 15 is 0 Å². The zero-order chi connectivity index (χ0) is 16.5. The summed E-state index contributed by atoms with van der Waals surface area (Å²) in [7, 11) is 0. The van der Waals surface area contributed by atoms with Crippen molar-refractivity contribution in [2.24, 2.45) is 22.7 Å². The fourth-order valence-electron chi connectivity index (χ4n) is 3.43. The van der Waals surface area contributed by atoms with E-state index in [1.54, 1.807) is 12.1 Å². The molecule has 1 fully saturated rings. The molecular formula is C20H33NO. The van der Waals surface area contributed by atoms with Crippen molar-refractivity contribution < 1.29 is 5.11 Å². The molecule has 2 heteroatoms. The third-order valence-electron chi connectivity index (χ3n) is 5.32. The van der Waals surface area contributed by atoms with Gasteiger partial charge in [0, 0.05) is 19.6 Å². The van der Waals surface area contributed by atoms with E-state index in [1.165, 1.54) is 25.1 Å². The number of hydrogen-bond donors (Lipinski definition) is 1. The highest BCUT2D eigenvalue weighted by atomic mass is 16.3. The van der Waals surface area contributed by atoms with Crippen molar-refractivity contribution in [2.45, 2.75) is 54.5 Å². The van der Waals surface area contributed by atoms with Crippen LogP contribution < -0.4 is 0 Å². The van der Waals surface area contributed by atoms with Gasteiger partial charge >= 0.3 is 0 Å². The van der Waals surface area contributed by atoms with Crippen LogP contribution in [-0.2, 0) is 6.54 Å². The zero-order valence-corrected chi connectivity index (χ0v) is 15.2. The fourth-order valence-corrected chi connectivity index (χ4v) is 3.43. The van der Waals surface area contributed by atoms with Gasteiger partial charge in [0.15, 0.2) is 0 Å². The summed E-state index contributed by atoms with van der Waals surface area (Å²) in [5, 5.41) is 9.45. The first-order valence-electron chi connectivity index (χ1n) is 8.56. The van der Waals surface area contributed by atoms with E-state index in [0.717, 1.165) is 18.4 Å². The van der Waals surface area contributed by atoms with E-state index in [1.807, 2.05) is 12.1 Å². The van der Waals surface area contributed by atoms with Gasteiger partial charge in [-0.3, -0.25) is 4.90 Å². The molecule has 1 heterocycles. The second-order valence-electron chi connectivity index (χ2n) is 9.22. The van der Waals surface area contributed by atoms with Gasteiger partial charge in [0.1, 0.15) is 5.75 Å². The molecule has 0 aromatic heterocycles. The number of aromatic hydroxyl groups is 1. The van der Waals surface area contributed by atoms with Gasteiger partial charge in [-0.25, -0.2) is 0 Å². The van der Waals surface area contributed by atoms with Crippen molar-refractivity contribution in [1.82, 2.24) is 4.90 Å². The van der Waals surface area contributed by atoms with E-state index in [0.29, 0.717) is 16.6 Å². The smallest absolute Gasteiger partial charge is 0.115 e. The molecule has 2 nitrogen and oxygen atoms in total. The van der Waals surface area contributed by atoms with Crippen molar-refractivity contribution in [2.75, 3.05) is 13.1 Å². The van der Waals surface area contributed by atoms with Gasteiger partial charge in [-0.1, -0.05) is 53.7 Å². The number of benzene rings is 1. The molecule has 0 amide bonds. The normalized spacial score (nSPS) is 24.5. The van der Waals surface area contributed by atoms with E-state index in [4.69, 9.17) is 0 Å². The summed E-state index contributed by atoms with van der Waals surface area (Å²) in [6.07, 6.45) is 1.33. The van der Waals surface area contributed by atoms with Crippen LogP contribution in [0.4, 0.5) is 0 Å². The number of hydrogen-bond acceptors (Lipinski definition) is 2. The highest BCUT2D eigenvalue weighted by molar-refractivity contribution is 5.25. The van der Waals surface area contributed by atoms with Crippen molar-refractivity contribution in [1.29, 1.82) is 0 Å². The van der Waals surface area contributed by atoms with E-state index < -0.39 is 0 Å². The summed E-state index contributed by atoms with van der Waals surface area (Å²) in [6, 6.07) is 7.67. The van der Waals surface area contributed by atoms with Crippen molar-refractivity contribution in [3.05, 3.63) is 29.8 Å². The Morgan fingerprint density at radius 3 is 1.77 bits per heavy atom. The minimum Gasteiger partial charge on any atom is -0.508 e. The highest BCUT2D eigenvalue weighted by Gasteiger charge is 2.38. The molecule has 1 aromatic carbocycles. The molecule has 1 aromatic rings. The van der Waals surface area contributed by atoms with Crippen LogP contribution >= 0.6 is 0 Å². The summed E-state index contributed by atoms with van der Waals surface area (Å²) >= 11 is 0. The molecule has 1 aliphatic rings. The van der Waals surface area contributed by atoms with E-state index in [9.17, 15) is 5.11 Å². The Kier molecular flexibility index (Phi) is 4.91. The minimum atomic E-state index is 0.350. The second-order valence-corrected chi connectivity index (χ2v) is 9.22. The second kappa shape index (κ2) is 6.23. The Balaban J connectivity index is 2.13. The first-order valence-corrected chi connectivity index (χ1v) is 8.56. The van der Waals surface area contributed by atoms with Crippen molar-refractivity contribution in [3.8, 4) is 5.75 Å². The molecule has 0 aliphatic carbocycles. The topological polar surface area (TPSA) is 23.5 Å². The van der Waals surface area contributed by atoms with Crippen LogP contribution in [0.2, 0.25) is 0 Å². The summed E-state index contributed by atoms with van der Waals surface area (Å²) in [5.41, 5.74) is 2.01. The van der Waals surface area contributed by atoms with Crippen LogP contribution in [0.15, 0.2) is 24.3 Å².